The Morgan fingerprint density at radius 3 is 2.83 bits per heavy atom. The van der Waals surface area contributed by atoms with E-state index in [9.17, 15) is 18.7 Å². The summed E-state index contributed by atoms with van der Waals surface area (Å²) in [6.07, 6.45) is 1.17. The van der Waals surface area contributed by atoms with Crippen LogP contribution in [0.15, 0.2) is 18.2 Å². The maximum Gasteiger partial charge on any atom is 0.234 e. The number of amides is 1. The number of hydrogen-bond donors (Lipinski definition) is 2. The summed E-state index contributed by atoms with van der Waals surface area (Å²) in [6.45, 7) is 1.58. The van der Waals surface area contributed by atoms with Crippen LogP contribution < -0.4 is 5.32 Å². The summed E-state index contributed by atoms with van der Waals surface area (Å²) in [7, 11) is 0. The fourth-order valence-corrected chi connectivity index (χ4v) is 3.45. The predicted octanol–water partition coefficient (Wildman–Crippen LogP) is 1.37. The molecule has 24 heavy (non-hydrogen) atoms. The zero-order valence-corrected chi connectivity index (χ0v) is 13.4. The van der Waals surface area contributed by atoms with E-state index in [-0.39, 0.29) is 37.0 Å². The van der Waals surface area contributed by atoms with Gasteiger partial charge in [-0.2, -0.15) is 0 Å². The lowest BCUT2D eigenvalue weighted by molar-refractivity contribution is -0.123. The molecule has 7 heteroatoms. The van der Waals surface area contributed by atoms with Crippen molar-refractivity contribution in [1.82, 2.24) is 10.2 Å². The summed E-state index contributed by atoms with van der Waals surface area (Å²) in [6, 6.07) is 2.86. The molecule has 2 heterocycles. The van der Waals surface area contributed by atoms with Crippen LogP contribution in [0.3, 0.4) is 0 Å². The average molecular weight is 340 g/mol. The number of nitrogens with one attached hydrogen (secondary N) is 1. The number of aliphatic hydroxyl groups is 1. The SMILES string of the molecule is O=C(CN1C[C@@H](O)C[C@@H]1c1cc(F)ccc1F)NC1CCOCC1. The smallest absolute Gasteiger partial charge is 0.234 e. The summed E-state index contributed by atoms with van der Waals surface area (Å²) in [5.74, 6) is -1.22. The summed E-state index contributed by atoms with van der Waals surface area (Å²) < 4.78 is 32.8. The summed E-state index contributed by atoms with van der Waals surface area (Å²) in [4.78, 5) is 14.0. The van der Waals surface area contributed by atoms with Gasteiger partial charge in [0.15, 0.2) is 0 Å². The second kappa shape index (κ2) is 7.55. The maximum absolute atomic E-state index is 14.0. The molecule has 2 aliphatic rings. The minimum absolute atomic E-state index is 0.0506. The van der Waals surface area contributed by atoms with Crippen LogP contribution in [0.2, 0.25) is 0 Å². The average Bonchev–Trinajstić information content (AvgIpc) is 2.90. The second-order valence-corrected chi connectivity index (χ2v) is 6.45. The molecule has 0 aliphatic carbocycles. The summed E-state index contributed by atoms with van der Waals surface area (Å²) in [5.41, 5.74) is 0.186. The fourth-order valence-electron chi connectivity index (χ4n) is 3.45. The van der Waals surface area contributed by atoms with Gasteiger partial charge >= 0.3 is 0 Å². The molecule has 132 valence electrons. The Bertz CT molecular complexity index is 593. The highest BCUT2D eigenvalue weighted by atomic mass is 19.1. The normalized spacial score (nSPS) is 25.8. The van der Waals surface area contributed by atoms with Crippen LogP contribution in [0.25, 0.3) is 0 Å². The number of ether oxygens (including phenoxy) is 1. The standard InChI is InChI=1S/C17H22F2N2O3/c18-11-1-2-15(19)14(7-11)16-8-13(22)9-21(16)10-17(23)20-12-3-5-24-6-4-12/h1-2,7,12-13,16,22H,3-6,8-10H2,(H,20,23)/t13-,16+/m0/s1. The number of likely N-dealkylation sites (tertiary alicyclic amines) is 1. The fraction of sp³-hybridized carbons (Fsp3) is 0.588. The molecule has 0 spiro atoms. The quantitative estimate of drug-likeness (QED) is 0.869. The summed E-state index contributed by atoms with van der Waals surface area (Å²) in [5, 5.41) is 12.9. The first kappa shape index (κ1) is 17.3. The molecule has 3 rings (SSSR count). The van der Waals surface area contributed by atoms with Gasteiger partial charge in [-0.05, 0) is 37.5 Å². The largest absolute Gasteiger partial charge is 0.392 e. The lowest BCUT2D eigenvalue weighted by atomic mass is 10.0. The van der Waals surface area contributed by atoms with E-state index in [4.69, 9.17) is 4.74 Å². The van der Waals surface area contributed by atoms with Gasteiger partial charge in [-0.1, -0.05) is 0 Å². The van der Waals surface area contributed by atoms with Gasteiger partial charge in [-0.25, -0.2) is 8.78 Å². The molecule has 0 unspecified atom stereocenters. The third-order valence-corrected chi connectivity index (χ3v) is 4.63. The highest BCUT2D eigenvalue weighted by Crippen LogP contribution is 2.33. The van der Waals surface area contributed by atoms with E-state index < -0.39 is 23.8 Å². The Morgan fingerprint density at radius 1 is 1.33 bits per heavy atom. The molecule has 1 amide bonds. The van der Waals surface area contributed by atoms with Crippen LogP contribution in [0.1, 0.15) is 30.9 Å². The molecule has 0 saturated carbocycles. The van der Waals surface area contributed by atoms with Gasteiger partial charge in [-0.15, -0.1) is 0 Å². The number of carbonyl (C=O) groups is 1. The third-order valence-electron chi connectivity index (χ3n) is 4.63. The molecule has 5 nitrogen and oxygen atoms in total. The third kappa shape index (κ3) is 4.09. The molecule has 2 atom stereocenters. The van der Waals surface area contributed by atoms with Crippen molar-refractivity contribution < 1.29 is 23.4 Å². The van der Waals surface area contributed by atoms with Crippen molar-refractivity contribution in [1.29, 1.82) is 0 Å². The summed E-state index contributed by atoms with van der Waals surface area (Å²) >= 11 is 0. The van der Waals surface area contributed by atoms with E-state index >= 15 is 0 Å². The van der Waals surface area contributed by atoms with Gasteiger partial charge in [-0.3, -0.25) is 9.69 Å². The van der Waals surface area contributed by atoms with Gasteiger partial charge in [0.25, 0.3) is 0 Å². The number of benzene rings is 1. The maximum atomic E-state index is 14.0. The number of halogens is 2. The van der Waals surface area contributed by atoms with E-state index in [1.165, 1.54) is 0 Å². The number of carbonyl (C=O) groups excluding carboxylic acids is 1. The first-order valence-corrected chi connectivity index (χ1v) is 8.27. The molecule has 1 aromatic carbocycles. The molecule has 0 bridgehead atoms. The first-order valence-electron chi connectivity index (χ1n) is 8.27. The molecule has 2 saturated heterocycles. The molecule has 1 aromatic rings. The second-order valence-electron chi connectivity index (χ2n) is 6.45. The van der Waals surface area contributed by atoms with Crippen molar-refractivity contribution in [2.75, 3.05) is 26.3 Å². The topological polar surface area (TPSA) is 61.8 Å². The Balaban J connectivity index is 1.66. The number of nitrogens with zero attached hydrogens (tertiary/aromatic N) is 1. The minimum Gasteiger partial charge on any atom is -0.392 e. The van der Waals surface area contributed by atoms with E-state index in [0.29, 0.717) is 13.2 Å². The molecule has 2 N–H and O–H groups in total. The van der Waals surface area contributed by atoms with E-state index in [0.717, 1.165) is 31.0 Å². The highest BCUT2D eigenvalue weighted by Gasteiger charge is 2.35. The van der Waals surface area contributed by atoms with E-state index in [1.807, 2.05) is 0 Å². The van der Waals surface area contributed by atoms with Crippen LogP contribution in [-0.4, -0.2) is 54.4 Å². The van der Waals surface area contributed by atoms with Crippen LogP contribution in [-0.2, 0) is 9.53 Å². The Kier molecular flexibility index (Phi) is 5.43. The van der Waals surface area contributed by atoms with Crippen molar-refractivity contribution in [2.24, 2.45) is 0 Å². The predicted molar refractivity (Wildman–Crippen MR) is 83.3 cm³/mol. The van der Waals surface area contributed by atoms with Gasteiger partial charge in [0, 0.05) is 37.4 Å². The van der Waals surface area contributed by atoms with Crippen molar-refractivity contribution in [3.05, 3.63) is 35.4 Å². The van der Waals surface area contributed by atoms with Gasteiger partial charge < -0.3 is 15.2 Å². The molecule has 0 aromatic heterocycles. The molecular weight excluding hydrogens is 318 g/mol. The van der Waals surface area contributed by atoms with Crippen LogP contribution in [0.5, 0.6) is 0 Å². The van der Waals surface area contributed by atoms with Gasteiger partial charge in [0.05, 0.1) is 12.6 Å². The number of aliphatic hydroxyl groups excluding tert-OH is 1. The number of rotatable bonds is 4. The molecule has 0 radical (unpaired) electrons. The minimum atomic E-state index is -0.659. The monoisotopic (exact) mass is 340 g/mol. The van der Waals surface area contributed by atoms with Crippen LogP contribution >= 0.6 is 0 Å². The Morgan fingerprint density at radius 2 is 2.08 bits per heavy atom. The van der Waals surface area contributed by atoms with E-state index in [2.05, 4.69) is 5.32 Å². The number of β-amino-alcohol motifs (C(OH)–C–C–N with tert-alkyl or cyclic N) is 1. The zero-order chi connectivity index (χ0) is 17.1. The van der Waals surface area contributed by atoms with Crippen molar-refractivity contribution in [3.63, 3.8) is 0 Å². The van der Waals surface area contributed by atoms with E-state index in [1.54, 1.807) is 4.90 Å². The molecule has 2 fully saturated rings. The van der Waals surface area contributed by atoms with Crippen LogP contribution in [0.4, 0.5) is 8.78 Å². The van der Waals surface area contributed by atoms with Crippen molar-refractivity contribution in [3.8, 4) is 0 Å². The lowest BCUT2D eigenvalue weighted by Crippen LogP contribution is -2.44. The van der Waals surface area contributed by atoms with Crippen molar-refractivity contribution >= 4 is 5.91 Å². The number of hydrogen-bond acceptors (Lipinski definition) is 4. The van der Waals surface area contributed by atoms with Crippen LogP contribution in [0, 0.1) is 11.6 Å². The lowest BCUT2D eigenvalue weighted by Gasteiger charge is -2.27. The molecular formula is C17H22F2N2O3. The van der Waals surface area contributed by atoms with Crippen molar-refractivity contribution in [2.45, 2.75) is 37.5 Å². The zero-order valence-electron chi connectivity index (χ0n) is 13.4. The van der Waals surface area contributed by atoms with Gasteiger partial charge in [0.2, 0.25) is 5.91 Å². The Labute approximate surface area is 139 Å². The first-order chi connectivity index (χ1) is 11.5. The van der Waals surface area contributed by atoms with Gasteiger partial charge in [0.1, 0.15) is 11.6 Å². The molecule has 2 aliphatic heterocycles. The Hall–Kier alpha value is -1.57. The highest BCUT2D eigenvalue weighted by molar-refractivity contribution is 5.78.